The minimum absolute atomic E-state index is 0.0608. The van der Waals surface area contributed by atoms with Crippen LogP contribution in [0.4, 0.5) is 0 Å². The van der Waals surface area contributed by atoms with Crippen molar-refractivity contribution in [2.45, 2.75) is 361 Å². The second-order valence-electron chi connectivity index (χ2n) is 21.0. The number of esters is 3. The van der Waals surface area contributed by atoms with Gasteiger partial charge in [0.25, 0.3) is 0 Å². The van der Waals surface area contributed by atoms with E-state index in [9.17, 15) is 14.4 Å². The molecule has 0 aliphatic heterocycles. The Morgan fingerprint density at radius 1 is 0.239 bits per heavy atom. The van der Waals surface area contributed by atoms with E-state index in [1.807, 2.05) is 0 Å². The van der Waals surface area contributed by atoms with E-state index >= 15 is 0 Å². The highest BCUT2D eigenvalue weighted by molar-refractivity contribution is 5.71. The number of carbonyl (C=O) groups excluding carboxylic acids is 3. The lowest BCUT2D eigenvalue weighted by Crippen LogP contribution is -2.30. The molecule has 0 aromatic rings. The minimum atomic E-state index is -0.761. The van der Waals surface area contributed by atoms with E-state index in [0.717, 1.165) is 57.8 Å². The molecule has 0 bridgehead atoms. The Balaban J connectivity index is 4.25. The number of hydrogen-bond acceptors (Lipinski definition) is 6. The molecule has 0 aliphatic carbocycles. The molecule has 0 fully saturated rings. The van der Waals surface area contributed by atoms with E-state index in [4.69, 9.17) is 14.2 Å². The molecule has 0 saturated heterocycles. The molecular weight excluding hydrogens is 829 g/mol. The molecule has 1 atom stereocenters. The maximum absolute atomic E-state index is 12.9. The first kappa shape index (κ1) is 65.4. The summed E-state index contributed by atoms with van der Waals surface area (Å²) >= 11 is 0. The molecule has 0 N–H and O–H groups in total. The summed E-state index contributed by atoms with van der Waals surface area (Å²) in [5.74, 6) is -0.829. The smallest absolute Gasteiger partial charge is 0.306 e. The standard InChI is InChI=1S/C61H118O6/c1-4-7-10-13-16-19-22-25-27-29-31-33-34-36-39-42-45-48-51-54-60(63)66-57-58(56-65-59(62)53-50-47-44-41-38-24-21-18-15-12-9-6-3)67-61(64)55-52-49-46-43-40-37-35-32-30-28-26-23-20-17-14-11-8-5-2/h58H,4-57H2,1-3H3. The Labute approximate surface area is 418 Å². The molecule has 0 aliphatic rings. The molecule has 0 heterocycles. The van der Waals surface area contributed by atoms with Crippen molar-refractivity contribution < 1.29 is 28.6 Å². The predicted molar refractivity (Wildman–Crippen MR) is 289 cm³/mol. The van der Waals surface area contributed by atoms with Gasteiger partial charge < -0.3 is 14.2 Å². The highest BCUT2D eigenvalue weighted by atomic mass is 16.6. The van der Waals surface area contributed by atoms with Crippen LogP contribution >= 0.6 is 0 Å². The number of carbonyl (C=O) groups is 3. The van der Waals surface area contributed by atoms with Gasteiger partial charge in [-0.25, -0.2) is 0 Å². The van der Waals surface area contributed by atoms with Crippen LogP contribution in [-0.4, -0.2) is 37.2 Å². The number of ether oxygens (including phenoxy) is 3. The highest BCUT2D eigenvalue weighted by Crippen LogP contribution is 2.18. The van der Waals surface area contributed by atoms with Gasteiger partial charge in [-0.1, -0.05) is 316 Å². The first-order valence-electron chi connectivity index (χ1n) is 30.5. The van der Waals surface area contributed by atoms with Gasteiger partial charge in [-0.3, -0.25) is 14.4 Å². The topological polar surface area (TPSA) is 78.9 Å². The third-order valence-electron chi connectivity index (χ3n) is 14.1. The first-order chi connectivity index (χ1) is 33.0. The Kier molecular flexibility index (Phi) is 55.6. The summed E-state index contributed by atoms with van der Waals surface area (Å²) in [6, 6.07) is 0. The molecule has 6 nitrogen and oxygen atoms in total. The van der Waals surface area contributed by atoms with Gasteiger partial charge >= 0.3 is 17.9 Å². The van der Waals surface area contributed by atoms with Crippen LogP contribution in [0.3, 0.4) is 0 Å². The Morgan fingerprint density at radius 2 is 0.403 bits per heavy atom. The zero-order chi connectivity index (χ0) is 48.6. The van der Waals surface area contributed by atoms with Crippen LogP contribution in [0.2, 0.25) is 0 Å². The van der Waals surface area contributed by atoms with Crippen molar-refractivity contribution in [2.75, 3.05) is 13.2 Å². The summed E-state index contributed by atoms with van der Waals surface area (Å²) in [4.78, 5) is 38.2. The third-order valence-corrected chi connectivity index (χ3v) is 14.1. The van der Waals surface area contributed by atoms with Crippen LogP contribution < -0.4 is 0 Å². The third kappa shape index (κ3) is 55.2. The summed E-state index contributed by atoms with van der Waals surface area (Å²) in [5, 5.41) is 0. The van der Waals surface area contributed by atoms with Crippen molar-refractivity contribution in [3.05, 3.63) is 0 Å². The molecule has 0 amide bonds. The van der Waals surface area contributed by atoms with Gasteiger partial charge in [0, 0.05) is 19.3 Å². The lowest BCUT2D eigenvalue weighted by molar-refractivity contribution is -0.167. The van der Waals surface area contributed by atoms with E-state index in [0.29, 0.717) is 19.3 Å². The van der Waals surface area contributed by atoms with Gasteiger partial charge in [0.15, 0.2) is 6.10 Å². The maximum atomic E-state index is 12.9. The molecule has 0 aromatic heterocycles. The fraction of sp³-hybridized carbons (Fsp3) is 0.951. The van der Waals surface area contributed by atoms with Crippen molar-refractivity contribution in [1.29, 1.82) is 0 Å². The average Bonchev–Trinajstić information content (AvgIpc) is 3.33. The maximum Gasteiger partial charge on any atom is 0.306 e. The number of rotatable bonds is 57. The largest absolute Gasteiger partial charge is 0.462 e. The number of unbranched alkanes of at least 4 members (excludes halogenated alkanes) is 46. The van der Waals surface area contributed by atoms with Gasteiger partial charge in [-0.15, -0.1) is 0 Å². The summed E-state index contributed by atoms with van der Waals surface area (Å²) in [5.41, 5.74) is 0. The Morgan fingerprint density at radius 3 is 0.597 bits per heavy atom. The van der Waals surface area contributed by atoms with E-state index in [1.54, 1.807) is 0 Å². The van der Waals surface area contributed by atoms with Gasteiger partial charge in [-0.2, -0.15) is 0 Å². The zero-order valence-corrected chi connectivity index (χ0v) is 45.7. The van der Waals surface area contributed by atoms with Gasteiger partial charge in [-0.05, 0) is 19.3 Å². The molecule has 0 spiro atoms. The zero-order valence-electron chi connectivity index (χ0n) is 45.7. The van der Waals surface area contributed by atoms with Crippen LogP contribution in [0.15, 0.2) is 0 Å². The molecule has 398 valence electrons. The molecule has 0 aromatic carbocycles. The fourth-order valence-corrected chi connectivity index (χ4v) is 9.51. The summed E-state index contributed by atoms with van der Waals surface area (Å²) in [7, 11) is 0. The van der Waals surface area contributed by atoms with Crippen molar-refractivity contribution >= 4 is 17.9 Å². The molecule has 0 radical (unpaired) electrons. The molecule has 1 unspecified atom stereocenters. The molecule has 6 heteroatoms. The summed E-state index contributed by atoms with van der Waals surface area (Å²) in [6.45, 7) is 6.72. The molecule has 67 heavy (non-hydrogen) atoms. The summed E-state index contributed by atoms with van der Waals surface area (Å²) in [6.07, 6.45) is 63.9. The highest BCUT2D eigenvalue weighted by Gasteiger charge is 2.19. The van der Waals surface area contributed by atoms with Crippen LogP contribution in [0.5, 0.6) is 0 Å². The van der Waals surface area contributed by atoms with Crippen LogP contribution in [0.1, 0.15) is 355 Å². The quantitative estimate of drug-likeness (QED) is 0.0343. The van der Waals surface area contributed by atoms with Crippen molar-refractivity contribution in [2.24, 2.45) is 0 Å². The molecule has 0 saturated carbocycles. The fourth-order valence-electron chi connectivity index (χ4n) is 9.51. The Hall–Kier alpha value is -1.59. The van der Waals surface area contributed by atoms with E-state index in [1.165, 1.54) is 257 Å². The first-order valence-corrected chi connectivity index (χ1v) is 30.5. The SMILES string of the molecule is CCCCCCCCCCCCCCCCCCCCCC(=O)OCC(COC(=O)CCCCCCCCCCCCCC)OC(=O)CCCCCCCCCCCCCCCCCCCC. The normalized spacial score (nSPS) is 11.9. The lowest BCUT2D eigenvalue weighted by atomic mass is 10.0. The van der Waals surface area contributed by atoms with Crippen molar-refractivity contribution in [3.8, 4) is 0 Å². The second kappa shape index (κ2) is 57.0. The number of hydrogen-bond donors (Lipinski definition) is 0. The molecular formula is C61H118O6. The Bertz CT molecular complexity index is 998. The van der Waals surface area contributed by atoms with Crippen LogP contribution in [-0.2, 0) is 28.6 Å². The van der Waals surface area contributed by atoms with Gasteiger partial charge in [0.2, 0.25) is 0 Å². The van der Waals surface area contributed by atoms with E-state index in [2.05, 4.69) is 20.8 Å². The average molecular weight is 948 g/mol. The lowest BCUT2D eigenvalue weighted by Gasteiger charge is -2.18. The van der Waals surface area contributed by atoms with Gasteiger partial charge in [0.05, 0.1) is 0 Å². The van der Waals surface area contributed by atoms with E-state index in [-0.39, 0.29) is 31.1 Å². The van der Waals surface area contributed by atoms with Crippen molar-refractivity contribution in [3.63, 3.8) is 0 Å². The van der Waals surface area contributed by atoms with Crippen LogP contribution in [0, 0.1) is 0 Å². The minimum Gasteiger partial charge on any atom is -0.462 e. The van der Waals surface area contributed by atoms with Crippen molar-refractivity contribution in [1.82, 2.24) is 0 Å². The van der Waals surface area contributed by atoms with E-state index < -0.39 is 6.10 Å². The summed E-state index contributed by atoms with van der Waals surface area (Å²) < 4.78 is 16.9. The van der Waals surface area contributed by atoms with Crippen LogP contribution in [0.25, 0.3) is 0 Å². The van der Waals surface area contributed by atoms with Gasteiger partial charge in [0.1, 0.15) is 13.2 Å². The monoisotopic (exact) mass is 947 g/mol. The predicted octanol–water partition coefficient (Wildman–Crippen LogP) is 20.3. The second-order valence-corrected chi connectivity index (χ2v) is 21.0. The molecule has 0 rings (SSSR count).